The van der Waals surface area contributed by atoms with Crippen molar-refractivity contribution in [2.24, 2.45) is 0 Å². The van der Waals surface area contributed by atoms with Gasteiger partial charge in [-0.15, -0.1) is 0 Å². The monoisotopic (exact) mass is 439 g/mol. The Bertz CT molecular complexity index is 754. The first-order valence-electron chi connectivity index (χ1n) is 10.4. The summed E-state index contributed by atoms with van der Waals surface area (Å²) in [4.78, 5) is 26.0. The van der Waals surface area contributed by atoms with Crippen LogP contribution in [0.15, 0.2) is 24.3 Å². The van der Waals surface area contributed by atoms with Gasteiger partial charge in [-0.05, 0) is 66.5 Å². The largest absolute Gasteiger partial charge is 0.475 e. The first-order chi connectivity index (χ1) is 13.8. The summed E-state index contributed by atoms with van der Waals surface area (Å²) < 4.78 is 29.6. The number of imide groups is 1. The molecule has 1 aliphatic rings. The van der Waals surface area contributed by atoms with E-state index >= 15 is 0 Å². The van der Waals surface area contributed by atoms with Crippen LogP contribution in [0.3, 0.4) is 0 Å². The van der Waals surface area contributed by atoms with Crippen LogP contribution in [0.25, 0.3) is 0 Å². The average Bonchev–Trinajstić information content (AvgIpc) is 2.82. The van der Waals surface area contributed by atoms with Crippen LogP contribution in [0, 0.1) is 0 Å². The maximum absolute atomic E-state index is 12.9. The number of unbranched alkanes of at least 4 members (excludes halogenated alkanes) is 3. The highest BCUT2D eigenvalue weighted by molar-refractivity contribution is 7.48. The van der Waals surface area contributed by atoms with E-state index in [1.54, 1.807) is 65.8 Å². The van der Waals surface area contributed by atoms with Crippen LogP contribution in [0.5, 0.6) is 0 Å². The minimum Gasteiger partial charge on any atom is -0.287 e. The molecule has 0 radical (unpaired) electrons. The number of phosphoric ester groups is 1. The van der Waals surface area contributed by atoms with Gasteiger partial charge in [0.1, 0.15) is 0 Å². The summed E-state index contributed by atoms with van der Waals surface area (Å²) in [5.41, 5.74) is -0.367. The van der Waals surface area contributed by atoms with Crippen molar-refractivity contribution >= 4 is 19.6 Å². The predicted octanol–water partition coefficient (Wildman–Crippen LogP) is 5.60. The van der Waals surface area contributed by atoms with Gasteiger partial charge in [-0.25, -0.2) is 4.57 Å². The predicted molar refractivity (Wildman–Crippen MR) is 116 cm³/mol. The van der Waals surface area contributed by atoms with Crippen molar-refractivity contribution in [2.75, 3.05) is 13.2 Å². The molecule has 2 amide bonds. The first-order valence-corrected chi connectivity index (χ1v) is 11.9. The molecule has 0 spiro atoms. The van der Waals surface area contributed by atoms with Gasteiger partial charge in [0.25, 0.3) is 11.8 Å². The van der Waals surface area contributed by atoms with Gasteiger partial charge in [-0.1, -0.05) is 25.0 Å². The molecule has 168 valence electrons. The molecular formula is C22H34NO6P. The maximum atomic E-state index is 12.9. The Hall–Kier alpha value is -1.53. The third kappa shape index (κ3) is 7.31. The summed E-state index contributed by atoms with van der Waals surface area (Å²) >= 11 is 0. The van der Waals surface area contributed by atoms with E-state index in [2.05, 4.69) is 0 Å². The molecule has 0 saturated heterocycles. The zero-order valence-electron chi connectivity index (χ0n) is 18.9. The minimum atomic E-state index is -3.68. The fourth-order valence-corrected chi connectivity index (χ4v) is 4.92. The standard InChI is InChI=1S/C22H34NO6P/c1-21(2,3)28-30(26,29-22(4,5)6)27-16-12-8-7-11-15-23-19(24)17-13-9-10-14-18(17)20(23)25/h9-10,13-14H,7-8,11-12,15-16H2,1-6H3. The summed E-state index contributed by atoms with van der Waals surface area (Å²) in [6.45, 7) is 11.4. The van der Waals surface area contributed by atoms with Crippen LogP contribution >= 0.6 is 7.82 Å². The smallest absolute Gasteiger partial charge is 0.287 e. The van der Waals surface area contributed by atoms with Gasteiger partial charge in [0.2, 0.25) is 0 Å². The first kappa shape index (κ1) is 24.7. The molecular weight excluding hydrogens is 405 g/mol. The maximum Gasteiger partial charge on any atom is 0.475 e. The zero-order valence-corrected chi connectivity index (χ0v) is 19.8. The molecule has 0 unspecified atom stereocenters. The van der Waals surface area contributed by atoms with E-state index in [1.165, 1.54) is 4.90 Å². The highest BCUT2D eigenvalue weighted by atomic mass is 31.2. The van der Waals surface area contributed by atoms with Crippen LogP contribution < -0.4 is 0 Å². The number of nitrogens with zero attached hydrogens (tertiary/aromatic N) is 1. The number of hydrogen-bond donors (Lipinski definition) is 0. The van der Waals surface area contributed by atoms with Crippen LogP contribution in [-0.2, 0) is 18.1 Å². The molecule has 8 heteroatoms. The van der Waals surface area contributed by atoms with Crippen molar-refractivity contribution in [3.63, 3.8) is 0 Å². The van der Waals surface area contributed by atoms with Gasteiger partial charge in [-0.3, -0.25) is 28.1 Å². The van der Waals surface area contributed by atoms with Crippen molar-refractivity contribution in [1.29, 1.82) is 0 Å². The lowest BCUT2D eigenvalue weighted by Gasteiger charge is -2.30. The summed E-state index contributed by atoms with van der Waals surface area (Å²) in [6, 6.07) is 6.90. The molecule has 1 heterocycles. The van der Waals surface area contributed by atoms with Crippen LogP contribution in [0.4, 0.5) is 0 Å². The Balaban J connectivity index is 1.73. The topological polar surface area (TPSA) is 82.1 Å². The second-order valence-corrected chi connectivity index (χ2v) is 10.9. The number of benzene rings is 1. The molecule has 0 atom stereocenters. The van der Waals surface area contributed by atoms with Crippen LogP contribution in [-0.4, -0.2) is 41.1 Å². The number of fused-ring (bicyclic) bond motifs is 1. The zero-order chi connectivity index (χ0) is 22.6. The number of carbonyl (C=O) groups is 2. The molecule has 0 saturated carbocycles. The lowest BCUT2D eigenvalue weighted by atomic mass is 10.1. The van der Waals surface area contributed by atoms with E-state index in [9.17, 15) is 14.2 Å². The normalized spacial score (nSPS) is 15.1. The van der Waals surface area contributed by atoms with Crippen molar-refractivity contribution in [3.8, 4) is 0 Å². The molecule has 30 heavy (non-hydrogen) atoms. The third-order valence-corrected chi connectivity index (χ3v) is 6.22. The number of phosphoric acid groups is 1. The highest BCUT2D eigenvalue weighted by Crippen LogP contribution is 2.55. The Morgan fingerprint density at radius 2 is 1.27 bits per heavy atom. The molecule has 0 aliphatic carbocycles. The van der Waals surface area contributed by atoms with Crippen molar-refractivity contribution < 1.29 is 27.7 Å². The molecule has 0 bridgehead atoms. The van der Waals surface area contributed by atoms with Gasteiger partial charge < -0.3 is 0 Å². The molecule has 0 N–H and O–H groups in total. The molecule has 1 aromatic rings. The van der Waals surface area contributed by atoms with Gasteiger partial charge in [0.05, 0.1) is 28.9 Å². The lowest BCUT2D eigenvalue weighted by molar-refractivity contribution is 0.00290. The fourth-order valence-electron chi connectivity index (χ4n) is 3.09. The van der Waals surface area contributed by atoms with E-state index in [1.807, 2.05) is 0 Å². The number of rotatable bonds is 10. The Labute approximate surface area is 179 Å². The van der Waals surface area contributed by atoms with Gasteiger partial charge in [0.15, 0.2) is 0 Å². The molecule has 1 aliphatic heterocycles. The SMILES string of the molecule is CC(C)(C)OP(=O)(OCCCCCCN1C(=O)c2ccccc2C1=O)OC(C)(C)C. The third-order valence-electron chi connectivity index (χ3n) is 4.17. The second kappa shape index (κ2) is 9.73. The fraction of sp³-hybridized carbons (Fsp3) is 0.636. The second-order valence-electron chi connectivity index (χ2n) is 9.41. The summed E-state index contributed by atoms with van der Waals surface area (Å²) in [5, 5.41) is 0. The van der Waals surface area contributed by atoms with Crippen LogP contribution in [0.1, 0.15) is 87.9 Å². The molecule has 2 rings (SSSR count). The van der Waals surface area contributed by atoms with Gasteiger partial charge >= 0.3 is 7.82 Å². The van der Waals surface area contributed by atoms with Crippen molar-refractivity contribution in [2.45, 2.75) is 78.4 Å². The summed E-state index contributed by atoms with van der Waals surface area (Å²) in [6.07, 6.45) is 3.02. The van der Waals surface area contributed by atoms with E-state index in [4.69, 9.17) is 13.6 Å². The van der Waals surface area contributed by atoms with Gasteiger partial charge in [0, 0.05) is 6.54 Å². The summed E-state index contributed by atoms with van der Waals surface area (Å²) in [7, 11) is -3.68. The lowest BCUT2D eigenvalue weighted by Crippen LogP contribution is -2.30. The number of amides is 2. The molecule has 1 aromatic carbocycles. The Kier molecular flexibility index (Phi) is 8.03. The quantitative estimate of drug-likeness (QED) is 0.268. The summed E-state index contributed by atoms with van der Waals surface area (Å²) in [5.74, 6) is -0.447. The van der Waals surface area contributed by atoms with Crippen molar-refractivity contribution in [1.82, 2.24) is 4.90 Å². The minimum absolute atomic E-state index is 0.224. The van der Waals surface area contributed by atoms with Gasteiger partial charge in [-0.2, -0.15) is 0 Å². The average molecular weight is 439 g/mol. The van der Waals surface area contributed by atoms with Crippen molar-refractivity contribution in [3.05, 3.63) is 35.4 Å². The molecule has 0 aromatic heterocycles. The Morgan fingerprint density at radius 1 is 0.800 bits per heavy atom. The van der Waals surface area contributed by atoms with E-state index in [0.29, 0.717) is 30.5 Å². The molecule has 7 nitrogen and oxygen atoms in total. The van der Waals surface area contributed by atoms with E-state index < -0.39 is 19.0 Å². The van der Waals surface area contributed by atoms with E-state index in [0.717, 1.165) is 12.8 Å². The van der Waals surface area contributed by atoms with Crippen LogP contribution in [0.2, 0.25) is 0 Å². The number of hydrogen-bond acceptors (Lipinski definition) is 6. The number of carbonyl (C=O) groups excluding carboxylic acids is 2. The Morgan fingerprint density at radius 3 is 1.73 bits per heavy atom. The van der Waals surface area contributed by atoms with E-state index in [-0.39, 0.29) is 18.4 Å². The highest BCUT2D eigenvalue weighted by Gasteiger charge is 2.37. The molecule has 0 fully saturated rings.